The van der Waals surface area contributed by atoms with Gasteiger partial charge in [-0.3, -0.25) is 0 Å². The van der Waals surface area contributed by atoms with Crippen molar-refractivity contribution >= 4 is 81.4 Å². The maximum Gasteiger partial charge on any atom is 0.0933 e. The SMILES string of the molecule is c1ccc(-c2ccc(Nc3ccc4sc5c6ccccc6cc(N(c6ccccc6)c6ccccc6)c5c4c3)s2)cc1. The molecule has 0 bridgehead atoms. The van der Waals surface area contributed by atoms with Gasteiger partial charge in [-0.25, -0.2) is 0 Å². The zero-order valence-electron chi connectivity index (χ0n) is 22.7. The quantitative estimate of drug-likeness (QED) is 0.212. The summed E-state index contributed by atoms with van der Waals surface area (Å²) in [7, 11) is 0. The minimum Gasteiger partial charge on any atom is -0.347 e. The summed E-state index contributed by atoms with van der Waals surface area (Å²) in [5.74, 6) is 0. The molecule has 0 atom stereocenters. The van der Waals surface area contributed by atoms with Crippen LogP contribution < -0.4 is 10.2 Å². The van der Waals surface area contributed by atoms with Gasteiger partial charge >= 0.3 is 0 Å². The molecule has 0 aliphatic heterocycles. The van der Waals surface area contributed by atoms with Crippen LogP contribution in [0.2, 0.25) is 0 Å². The van der Waals surface area contributed by atoms with Crippen molar-refractivity contribution < 1.29 is 0 Å². The molecule has 1 N–H and O–H groups in total. The van der Waals surface area contributed by atoms with E-state index in [1.165, 1.54) is 47.1 Å². The molecule has 200 valence electrons. The molecule has 0 radical (unpaired) electrons. The highest BCUT2D eigenvalue weighted by Crippen LogP contribution is 2.48. The second-order valence-corrected chi connectivity index (χ2v) is 12.4. The second-order valence-electron chi connectivity index (χ2n) is 10.3. The predicted molar refractivity (Wildman–Crippen MR) is 185 cm³/mol. The number of nitrogens with zero attached hydrogens (tertiary/aromatic N) is 1. The zero-order chi connectivity index (χ0) is 27.9. The molecule has 2 heterocycles. The normalized spacial score (nSPS) is 11.3. The summed E-state index contributed by atoms with van der Waals surface area (Å²) >= 11 is 3.66. The van der Waals surface area contributed by atoms with Crippen molar-refractivity contribution in [1.29, 1.82) is 0 Å². The Morgan fingerprint density at radius 2 is 1.19 bits per heavy atom. The van der Waals surface area contributed by atoms with Gasteiger partial charge in [-0.2, -0.15) is 0 Å². The van der Waals surface area contributed by atoms with Gasteiger partial charge in [0.25, 0.3) is 0 Å². The van der Waals surface area contributed by atoms with Crippen LogP contribution >= 0.6 is 22.7 Å². The van der Waals surface area contributed by atoms with E-state index in [2.05, 4.69) is 162 Å². The molecule has 0 aliphatic carbocycles. The lowest BCUT2D eigenvalue weighted by atomic mass is 10.0. The molecular weight excluding hydrogens is 549 g/mol. The maximum absolute atomic E-state index is 3.70. The van der Waals surface area contributed by atoms with Gasteiger partial charge in [-0.15, -0.1) is 22.7 Å². The third-order valence-electron chi connectivity index (χ3n) is 7.64. The summed E-state index contributed by atoms with van der Waals surface area (Å²) in [5, 5.41) is 9.91. The van der Waals surface area contributed by atoms with E-state index in [0.717, 1.165) is 22.1 Å². The van der Waals surface area contributed by atoms with Crippen molar-refractivity contribution in [3.8, 4) is 10.4 Å². The Bertz CT molecular complexity index is 2120. The minimum atomic E-state index is 1.09. The summed E-state index contributed by atoms with van der Waals surface area (Å²) in [5.41, 5.74) is 5.80. The fraction of sp³-hybridized carbons (Fsp3) is 0. The van der Waals surface area contributed by atoms with Gasteiger partial charge in [-0.1, -0.05) is 91.0 Å². The van der Waals surface area contributed by atoms with Crippen LogP contribution in [-0.2, 0) is 0 Å². The molecule has 0 aliphatic rings. The predicted octanol–water partition coefficient (Wildman–Crippen LogP) is 12.1. The molecule has 0 fully saturated rings. The average molecular weight is 575 g/mol. The first-order valence-corrected chi connectivity index (χ1v) is 15.7. The van der Waals surface area contributed by atoms with E-state index >= 15 is 0 Å². The van der Waals surface area contributed by atoms with E-state index in [-0.39, 0.29) is 0 Å². The fourth-order valence-electron chi connectivity index (χ4n) is 5.73. The van der Waals surface area contributed by atoms with Gasteiger partial charge in [-0.05, 0) is 77.0 Å². The van der Waals surface area contributed by atoms with Gasteiger partial charge in [0, 0.05) is 42.1 Å². The van der Waals surface area contributed by atoms with Crippen molar-refractivity contribution in [2.24, 2.45) is 0 Å². The number of benzene rings is 6. The molecule has 42 heavy (non-hydrogen) atoms. The number of hydrogen-bond donors (Lipinski definition) is 1. The van der Waals surface area contributed by atoms with E-state index in [9.17, 15) is 0 Å². The third kappa shape index (κ3) is 4.42. The highest BCUT2D eigenvalue weighted by Gasteiger charge is 2.20. The maximum atomic E-state index is 3.70. The van der Waals surface area contributed by atoms with Gasteiger partial charge < -0.3 is 10.2 Å². The molecule has 2 nitrogen and oxygen atoms in total. The Labute approximate surface area is 252 Å². The van der Waals surface area contributed by atoms with Gasteiger partial charge in [0.1, 0.15) is 0 Å². The first kappa shape index (κ1) is 24.9. The fourth-order valence-corrected chi connectivity index (χ4v) is 7.90. The molecule has 6 aromatic carbocycles. The number of hydrogen-bond acceptors (Lipinski definition) is 4. The number of rotatable bonds is 6. The molecule has 0 unspecified atom stereocenters. The highest BCUT2D eigenvalue weighted by atomic mass is 32.1. The first-order valence-electron chi connectivity index (χ1n) is 14.0. The zero-order valence-corrected chi connectivity index (χ0v) is 24.3. The molecule has 0 saturated carbocycles. The van der Waals surface area contributed by atoms with Crippen LogP contribution in [0.5, 0.6) is 0 Å². The minimum absolute atomic E-state index is 1.09. The second kappa shape index (κ2) is 10.5. The molecule has 2 aromatic heterocycles. The number of nitrogens with one attached hydrogen (secondary N) is 1. The number of anilines is 5. The molecule has 0 saturated heterocycles. The van der Waals surface area contributed by atoms with Crippen molar-refractivity contribution in [2.75, 3.05) is 10.2 Å². The lowest BCUT2D eigenvalue weighted by Crippen LogP contribution is -2.10. The monoisotopic (exact) mass is 574 g/mol. The van der Waals surface area contributed by atoms with E-state index in [1.807, 2.05) is 11.3 Å². The van der Waals surface area contributed by atoms with Crippen molar-refractivity contribution in [3.05, 3.63) is 152 Å². The highest BCUT2D eigenvalue weighted by molar-refractivity contribution is 7.26. The lowest BCUT2D eigenvalue weighted by Gasteiger charge is -2.27. The summed E-state index contributed by atoms with van der Waals surface area (Å²) in [6, 6.07) is 54.2. The van der Waals surface area contributed by atoms with Gasteiger partial charge in [0.05, 0.1) is 10.7 Å². The van der Waals surface area contributed by atoms with Crippen LogP contribution in [0.1, 0.15) is 0 Å². The lowest BCUT2D eigenvalue weighted by molar-refractivity contribution is 1.30. The molecule has 4 heteroatoms. The Kier molecular flexibility index (Phi) is 6.21. The largest absolute Gasteiger partial charge is 0.347 e. The molecule has 0 amide bonds. The van der Waals surface area contributed by atoms with Crippen LogP contribution in [-0.4, -0.2) is 0 Å². The van der Waals surface area contributed by atoms with Crippen molar-refractivity contribution in [2.45, 2.75) is 0 Å². The third-order valence-corrected chi connectivity index (χ3v) is 9.90. The molecular formula is C38H26N2S2. The van der Waals surface area contributed by atoms with Crippen LogP contribution in [0, 0.1) is 0 Å². The van der Waals surface area contributed by atoms with Gasteiger partial charge in [0.15, 0.2) is 0 Å². The van der Waals surface area contributed by atoms with E-state index in [0.29, 0.717) is 0 Å². The average Bonchev–Trinajstić information content (AvgIpc) is 3.68. The standard InChI is InChI=1S/C38H26N2S2/c1-4-12-26(13-5-1)34-22-23-36(41-34)39-28-20-21-35-32(25-28)37-33(24-27-14-10-11-19-31(27)38(37)42-35)40(29-15-6-2-7-16-29)30-17-8-3-9-18-30/h1-25,39H. The smallest absolute Gasteiger partial charge is 0.0933 e. The van der Waals surface area contributed by atoms with Crippen LogP contribution in [0.4, 0.5) is 27.8 Å². The van der Waals surface area contributed by atoms with E-state index in [1.54, 1.807) is 11.3 Å². The van der Waals surface area contributed by atoms with Crippen LogP contribution in [0.15, 0.2) is 152 Å². The summed E-state index contributed by atoms with van der Waals surface area (Å²) in [6.45, 7) is 0. The molecule has 8 aromatic rings. The Hall–Kier alpha value is -4.90. The number of para-hydroxylation sites is 2. The van der Waals surface area contributed by atoms with Gasteiger partial charge in [0.2, 0.25) is 0 Å². The van der Waals surface area contributed by atoms with Crippen LogP contribution in [0.25, 0.3) is 41.4 Å². The summed E-state index contributed by atoms with van der Waals surface area (Å²) in [6.07, 6.45) is 0. The van der Waals surface area contributed by atoms with Crippen molar-refractivity contribution in [1.82, 2.24) is 0 Å². The Morgan fingerprint density at radius 3 is 1.93 bits per heavy atom. The first-order chi connectivity index (χ1) is 20.8. The van der Waals surface area contributed by atoms with E-state index < -0.39 is 0 Å². The summed E-state index contributed by atoms with van der Waals surface area (Å²) < 4.78 is 2.60. The van der Waals surface area contributed by atoms with Crippen molar-refractivity contribution in [3.63, 3.8) is 0 Å². The molecule has 8 rings (SSSR count). The summed E-state index contributed by atoms with van der Waals surface area (Å²) in [4.78, 5) is 3.65. The number of thiophene rings is 2. The molecule has 0 spiro atoms. The number of fused-ring (bicyclic) bond motifs is 5. The Balaban J connectivity index is 1.33. The van der Waals surface area contributed by atoms with E-state index in [4.69, 9.17) is 0 Å². The Morgan fingerprint density at radius 1 is 0.524 bits per heavy atom. The van der Waals surface area contributed by atoms with Crippen LogP contribution in [0.3, 0.4) is 0 Å². The topological polar surface area (TPSA) is 15.3 Å².